The van der Waals surface area contributed by atoms with Crippen molar-refractivity contribution < 1.29 is 18.3 Å². The van der Waals surface area contributed by atoms with Crippen molar-refractivity contribution in [3.8, 4) is 5.75 Å². The number of halogens is 1. The molecule has 0 fully saturated rings. The van der Waals surface area contributed by atoms with Crippen LogP contribution in [-0.4, -0.2) is 12.0 Å². The maximum Gasteiger partial charge on any atom is 0.336 e. The predicted molar refractivity (Wildman–Crippen MR) is 95.5 cm³/mol. The summed E-state index contributed by atoms with van der Waals surface area (Å²) < 4.78 is 23.7. The highest BCUT2D eigenvalue weighted by Crippen LogP contribution is 2.21. The number of carbonyl (C=O) groups is 1. The van der Waals surface area contributed by atoms with Gasteiger partial charge >= 0.3 is 5.63 Å². The summed E-state index contributed by atoms with van der Waals surface area (Å²) in [7, 11) is 0. The number of carbonyl (C=O) groups excluding carboxylic acids is 1. The van der Waals surface area contributed by atoms with Gasteiger partial charge in [-0.15, -0.1) is 0 Å². The first-order valence-electron chi connectivity index (χ1n) is 8.19. The lowest BCUT2D eigenvalue weighted by Gasteiger charge is -2.19. The van der Waals surface area contributed by atoms with Gasteiger partial charge in [-0.25, -0.2) is 9.18 Å². The van der Waals surface area contributed by atoms with E-state index in [1.807, 2.05) is 6.92 Å². The molecule has 0 aliphatic heterocycles. The number of rotatable bonds is 5. The number of hydrogen-bond donors (Lipinski definition) is 1. The van der Waals surface area contributed by atoms with Gasteiger partial charge in [-0.2, -0.15) is 0 Å². The molecule has 0 radical (unpaired) electrons. The van der Waals surface area contributed by atoms with Gasteiger partial charge in [-0.3, -0.25) is 4.79 Å². The number of amides is 1. The fraction of sp³-hybridized carbons (Fsp3) is 0.200. The van der Waals surface area contributed by atoms with E-state index in [0.717, 1.165) is 10.9 Å². The Morgan fingerprint density at radius 2 is 1.77 bits per heavy atom. The predicted octanol–water partition coefficient (Wildman–Crippen LogP) is 3.58. The Kier molecular flexibility index (Phi) is 5.02. The smallest absolute Gasteiger partial charge is 0.336 e. The summed E-state index contributed by atoms with van der Waals surface area (Å²) in [5, 5.41) is 3.59. The molecule has 0 aliphatic carbocycles. The average Bonchev–Trinajstić information content (AvgIpc) is 2.61. The summed E-state index contributed by atoms with van der Waals surface area (Å²) in [6, 6.07) is 13.7. The van der Waals surface area contributed by atoms with Crippen molar-refractivity contribution in [1.29, 1.82) is 0 Å². The number of hydrogen-bond acceptors (Lipinski definition) is 4. The minimum atomic E-state index is -0.759. The second kappa shape index (κ2) is 7.39. The molecular formula is C20H18FNO4. The summed E-state index contributed by atoms with van der Waals surface area (Å²) in [4.78, 5) is 23.6. The Labute approximate surface area is 149 Å². The normalized spacial score (nSPS) is 13.2. The van der Waals surface area contributed by atoms with Gasteiger partial charge in [0.1, 0.15) is 17.1 Å². The van der Waals surface area contributed by atoms with E-state index in [9.17, 15) is 14.0 Å². The maximum atomic E-state index is 13.0. The Morgan fingerprint density at radius 3 is 2.50 bits per heavy atom. The second-order valence-corrected chi connectivity index (χ2v) is 6.00. The van der Waals surface area contributed by atoms with Crippen molar-refractivity contribution in [1.82, 2.24) is 5.32 Å². The molecule has 0 spiro atoms. The summed E-state index contributed by atoms with van der Waals surface area (Å²) in [6.45, 7) is 3.43. The first-order chi connectivity index (χ1) is 12.4. The van der Waals surface area contributed by atoms with Gasteiger partial charge in [0.05, 0.1) is 6.04 Å². The fourth-order valence-corrected chi connectivity index (χ4v) is 2.54. The third-order valence-corrected chi connectivity index (χ3v) is 4.01. The largest absolute Gasteiger partial charge is 0.481 e. The Morgan fingerprint density at radius 1 is 1.08 bits per heavy atom. The zero-order valence-electron chi connectivity index (χ0n) is 14.4. The van der Waals surface area contributed by atoms with E-state index in [1.54, 1.807) is 43.3 Å². The quantitative estimate of drug-likeness (QED) is 0.711. The molecule has 1 N–H and O–H groups in total. The average molecular weight is 355 g/mol. The van der Waals surface area contributed by atoms with Crippen molar-refractivity contribution in [2.24, 2.45) is 0 Å². The lowest BCUT2D eigenvalue weighted by Crippen LogP contribution is -2.37. The molecule has 3 rings (SSSR count). The third kappa shape index (κ3) is 4.08. The molecule has 1 aromatic heterocycles. The number of ether oxygens (including phenoxy) is 1. The van der Waals surface area contributed by atoms with Crippen LogP contribution in [-0.2, 0) is 4.79 Å². The fourth-order valence-electron chi connectivity index (χ4n) is 2.54. The van der Waals surface area contributed by atoms with Gasteiger partial charge in [0.25, 0.3) is 5.91 Å². The van der Waals surface area contributed by atoms with Crippen molar-refractivity contribution >= 4 is 16.9 Å². The topological polar surface area (TPSA) is 68.5 Å². The summed E-state index contributed by atoms with van der Waals surface area (Å²) >= 11 is 0. The third-order valence-electron chi connectivity index (χ3n) is 4.01. The molecule has 0 aliphatic rings. The van der Waals surface area contributed by atoms with E-state index < -0.39 is 11.7 Å². The van der Waals surface area contributed by atoms with Crippen LogP contribution in [0.1, 0.15) is 25.5 Å². The Balaban J connectivity index is 1.67. The summed E-state index contributed by atoms with van der Waals surface area (Å²) in [6.07, 6.45) is -0.759. The highest BCUT2D eigenvalue weighted by Gasteiger charge is 2.18. The van der Waals surface area contributed by atoms with Crippen LogP contribution in [0.2, 0.25) is 0 Å². The molecule has 5 nitrogen and oxygen atoms in total. The van der Waals surface area contributed by atoms with Crippen molar-refractivity contribution in [3.05, 3.63) is 76.4 Å². The molecule has 1 heterocycles. The highest BCUT2D eigenvalue weighted by atomic mass is 19.1. The molecule has 26 heavy (non-hydrogen) atoms. The first kappa shape index (κ1) is 17.7. The highest BCUT2D eigenvalue weighted by molar-refractivity contribution is 5.81. The van der Waals surface area contributed by atoms with Gasteiger partial charge in [0.15, 0.2) is 6.10 Å². The van der Waals surface area contributed by atoms with Crippen LogP contribution in [0.5, 0.6) is 5.75 Å². The molecule has 1 amide bonds. The number of nitrogens with one attached hydrogen (secondary N) is 1. The van der Waals surface area contributed by atoms with E-state index >= 15 is 0 Å². The van der Waals surface area contributed by atoms with Crippen molar-refractivity contribution in [3.63, 3.8) is 0 Å². The van der Waals surface area contributed by atoms with E-state index in [1.165, 1.54) is 18.2 Å². The van der Waals surface area contributed by atoms with E-state index in [0.29, 0.717) is 11.3 Å². The number of fused-ring (bicyclic) bond motifs is 1. The molecule has 0 saturated heterocycles. The standard InChI is InChI=1S/C20H18FNO4/c1-12(14-3-7-16(21)8-4-14)22-20(24)13(2)25-17-9-5-15-6-10-19(23)26-18(15)11-17/h3-13H,1-2H3,(H,22,24)/t12-,13-/m1/s1. The van der Waals surface area contributed by atoms with Gasteiger partial charge in [0, 0.05) is 17.5 Å². The minimum Gasteiger partial charge on any atom is -0.481 e. The second-order valence-electron chi connectivity index (χ2n) is 6.00. The van der Waals surface area contributed by atoms with Crippen LogP contribution >= 0.6 is 0 Å². The Bertz CT molecular complexity index is 981. The van der Waals surface area contributed by atoms with Crippen LogP contribution in [0.4, 0.5) is 4.39 Å². The van der Waals surface area contributed by atoms with Gasteiger partial charge in [-0.1, -0.05) is 12.1 Å². The van der Waals surface area contributed by atoms with Crippen LogP contribution in [0.3, 0.4) is 0 Å². The molecule has 0 saturated carbocycles. The first-order valence-corrected chi connectivity index (χ1v) is 8.19. The van der Waals surface area contributed by atoms with E-state index in [4.69, 9.17) is 9.15 Å². The molecule has 0 bridgehead atoms. The summed E-state index contributed by atoms with van der Waals surface area (Å²) in [5.41, 5.74) is 0.732. The summed E-state index contributed by atoms with van der Waals surface area (Å²) in [5.74, 6) is -0.215. The number of benzene rings is 2. The van der Waals surface area contributed by atoms with Gasteiger partial charge < -0.3 is 14.5 Å². The van der Waals surface area contributed by atoms with Crippen molar-refractivity contribution in [2.75, 3.05) is 0 Å². The van der Waals surface area contributed by atoms with E-state index in [2.05, 4.69) is 5.32 Å². The lowest BCUT2D eigenvalue weighted by molar-refractivity contribution is -0.127. The zero-order valence-corrected chi connectivity index (χ0v) is 14.4. The molecular weight excluding hydrogens is 337 g/mol. The Hall–Kier alpha value is -3.15. The molecule has 2 atom stereocenters. The van der Waals surface area contributed by atoms with Crippen molar-refractivity contribution in [2.45, 2.75) is 26.0 Å². The molecule has 134 valence electrons. The van der Waals surface area contributed by atoms with Crippen LogP contribution in [0, 0.1) is 5.82 Å². The lowest BCUT2D eigenvalue weighted by atomic mass is 10.1. The van der Waals surface area contributed by atoms with Gasteiger partial charge in [-0.05, 0) is 49.7 Å². The molecule has 2 aromatic carbocycles. The van der Waals surface area contributed by atoms with Crippen LogP contribution in [0.15, 0.2) is 63.8 Å². The van der Waals surface area contributed by atoms with Crippen LogP contribution < -0.4 is 15.7 Å². The van der Waals surface area contributed by atoms with Crippen LogP contribution in [0.25, 0.3) is 11.0 Å². The monoisotopic (exact) mass is 355 g/mol. The van der Waals surface area contributed by atoms with E-state index in [-0.39, 0.29) is 17.8 Å². The molecule has 6 heteroatoms. The zero-order chi connectivity index (χ0) is 18.7. The minimum absolute atomic E-state index is 0.288. The maximum absolute atomic E-state index is 13.0. The van der Waals surface area contributed by atoms with Gasteiger partial charge in [0.2, 0.25) is 0 Å². The SMILES string of the molecule is C[C@@H](Oc1ccc2ccc(=O)oc2c1)C(=O)N[C@H](C)c1ccc(F)cc1. The molecule has 3 aromatic rings. The molecule has 0 unspecified atom stereocenters.